The van der Waals surface area contributed by atoms with Gasteiger partial charge in [0.15, 0.2) is 5.82 Å². The summed E-state index contributed by atoms with van der Waals surface area (Å²) >= 11 is 1.54. The Morgan fingerprint density at radius 1 is 1.00 bits per heavy atom. The second kappa shape index (κ2) is 7.86. The van der Waals surface area contributed by atoms with Crippen molar-refractivity contribution in [3.63, 3.8) is 0 Å². The number of H-pyrrole nitrogens is 1. The second-order valence-corrected chi connectivity index (χ2v) is 7.51. The number of aromatic nitrogens is 2. The molecule has 2 aromatic carbocycles. The molecule has 4 nitrogen and oxygen atoms in total. The molecule has 136 valence electrons. The summed E-state index contributed by atoms with van der Waals surface area (Å²) in [6.45, 7) is 4.75. The first-order valence-corrected chi connectivity index (χ1v) is 10.1. The van der Waals surface area contributed by atoms with Gasteiger partial charge in [-0.15, -0.1) is 11.3 Å². The van der Waals surface area contributed by atoms with E-state index in [2.05, 4.69) is 36.2 Å². The summed E-state index contributed by atoms with van der Waals surface area (Å²) in [5, 5.41) is 2.72. The Hall–Kier alpha value is -2.76. The number of hydrogen-bond donors (Lipinski definition) is 2. The molecule has 2 heterocycles. The minimum absolute atomic E-state index is 0.0507. The number of nitrogens with one attached hydrogen (secondary N) is 2. The quantitative estimate of drug-likeness (QED) is 0.543. The van der Waals surface area contributed by atoms with Gasteiger partial charge in [0, 0.05) is 16.5 Å². The largest absolute Gasteiger partial charge is 0.325 e. The number of hydrogen-bond acceptors (Lipinski definition) is 3. The molecule has 0 amide bonds. The summed E-state index contributed by atoms with van der Waals surface area (Å²) in [4.78, 5) is 22.7. The van der Waals surface area contributed by atoms with Crippen LogP contribution in [0.3, 0.4) is 0 Å². The maximum Gasteiger partial charge on any atom is 0.260 e. The van der Waals surface area contributed by atoms with Crippen molar-refractivity contribution in [2.45, 2.75) is 20.0 Å². The number of benzene rings is 2. The molecule has 0 bridgehead atoms. The lowest BCUT2D eigenvalue weighted by Gasteiger charge is -2.17. The van der Waals surface area contributed by atoms with E-state index in [4.69, 9.17) is 4.98 Å². The Bertz CT molecular complexity index is 1090. The molecule has 1 atom stereocenters. The van der Waals surface area contributed by atoms with Crippen LogP contribution in [-0.4, -0.2) is 16.5 Å². The molecule has 5 heteroatoms. The highest BCUT2D eigenvalue weighted by atomic mass is 32.1. The van der Waals surface area contributed by atoms with Gasteiger partial charge in [0.05, 0.1) is 11.9 Å². The first kappa shape index (κ1) is 17.6. The lowest BCUT2D eigenvalue weighted by atomic mass is 10.1. The summed E-state index contributed by atoms with van der Waals surface area (Å²) in [6.07, 6.45) is 0. The van der Waals surface area contributed by atoms with Gasteiger partial charge in [0.2, 0.25) is 0 Å². The molecular formula is C22H22N3OS+. The van der Waals surface area contributed by atoms with Crippen molar-refractivity contribution < 1.29 is 4.90 Å². The maximum absolute atomic E-state index is 12.8. The SMILES string of the molecule is CC[NH+](Cc1ccccc1)Cc1nc2scc(-c3ccccc3)c2c(=O)[nH]1. The van der Waals surface area contributed by atoms with E-state index in [1.165, 1.54) is 21.8 Å². The van der Waals surface area contributed by atoms with Gasteiger partial charge < -0.3 is 9.88 Å². The van der Waals surface area contributed by atoms with Crippen molar-refractivity contribution in [1.29, 1.82) is 0 Å². The summed E-state index contributed by atoms with van der Waals surface area (Å²) < 4.78 is 0. The fraction of sp³-hybridized carbons (Fsp3) is 0.182. The Balaban J connectivity index is 1.63. The first-order chi connectivity index (χ1) is 13.2. The molecule has 2 N–H and O–H groups in total. The fourth-order valence-electron chi connectivity index (χ4n) is 3.34. The highest BCUT2D eigenvalue weighted by molar-refractivity contribution is 7.17. The Morgan fingerprint density at radius 3 is 2.41 bits per heavy atom. The van der Waals surface area contributed by atoms with Crippen molar-refractivity contribution in [3.8, 4) is 11.1 Å². The monoisotopic (exact) mass is 376 g/mol. The molecule has 0 saturated heterocycles. The molecule has 0 saturated carbocycles. The summed E-state index contributed by atoms with van der Waals surface area (Å²) in [6, 6.07) is 20.4. The third-order valence-corrected chi connectivity index (χ3v) is 5.66. The number of rotatable bonds is 6. The molecule has 4 aromatic rings. The zero-order valence-corrected chi connectivity index (χ0v) is 16.1. The third kappa shape index (κ3) is 3.84. The minimum Gasteiger partial charge on any atom is -0.325 e. The van der Waals surface area contributed by atoms with Crippen LogP contribution >= 0.6 is 11.3 Å². The van der Waals surface area contributed by atoms with Crippen molar-refractivity contribution in [1.82, 2.24) is 9.97 Å². The van der Waals surface area contributed by atoms with Crippen LogP contribution in [0.2, 0.25) is 0 Å². The van der Waals surface area contributed by atoms with Gasteiger partial charge in [-0.2, -0.15) is 0 Å². The van der Waals surface area contributed by atoms with Crippen molar-refractivity contribution in [3.05, 3.63) is 87.8 Å². The molecule has 2 aromatic heterocycles. The Kier molecular flexibility index (Phi) is 5.14. The highest BCUT2D eigenvalue weighted by Crippen LogP contribution is 2.30. The van der Waals surface area contributed by atoms with Crippen LogP contribution in [0.25, 0.3) is 21.3 Å². The predicted molar refractivity (Wildman–Crippen MR) is 111 cm³/mol. The van der Waals surface area contributed by atoms with E-state index in [1.807, 2.05) is 41.8 Å². The van der Waals surface area contributed by atoms with Crippen LogP contribution in [0.5, 0.6) is 0 Å². The van der Waals surface area contributed by atoms with Crippen LogP contribution in [0, 0.1) is 0 Å². The first-order valence-electron chi connectivity index (χ1n) is 9.18. The van der Waals surface area contributed by atoms with Gasteiger partial charge in [0.25, 0.3) is 5.56 Å². The normalized spacial score (nSPS) is 12.3. The van der Waals surface area contributed by atoms with Crippen LogP contribution in [0.15, 0.2) is 70.8 Å². The number of fused-ring (bicyclic) bond motifs is 1. The Labute approximate surface area is 162 Å². The molecule has 27 heavy (non-hydrogen) atoms. The molecule has 1 unspecified atom stereocenters. The lowest BCUT2D eigenvalue weighted by Crippen LogP contribution is -3.09. The van der Waals surface area contributed by atoms with E-state index in [9.17, 15) is 4.79 Å². The van der Waals surface area contributed by atoms with Crippen molar-refractivity contribution in [2.24, 2.45) is 0 Å². The van der Waals surface area contributed by atoms with Crippen molar-refractivity contribution >= 4 is 21.6 Å². The number of aromatic amines is 1. The number of thiophene rings is 1. The topological polar surface area (TPSA) is 50.2 Å². The molecule has 4 rings (SSSR count). The Morgan fingerprint density at radius 2 is 1.70 bits per heavy atom. The van der Waals surface area contributed by atoms with E-state index in [0.717, 1.165) is 34.9 Å². The van der Waals surface area contributed by atoms with Gasteiger partial charge in [-0.3, -0.25) is 4.79 Å². The lowest BCUT2D eigenvalue weighted by molar-refractivity contribution is -0.926. The van der Waals surface area contributed by atoms with Crippen LogP contribution in [-0.2, 0) is 13.1 Å². The highest BCUT2D eigenvalue weighted by Gasteiger charge is 2.15. The molecular weight excluding hydrogens is 354 g/mol. The number of quaternary nitrogens is 1. The zero-order valence-electron chi connectivity index (χ0n) is 15.2. The average molecular weight is 377 g/mol. The smallest absolute Gasteiger partial charge is 0.260 e. The fourth-order valence-corrected chi connectivity index (χ4v) is 4.31. The molecule has 0 aliphatic carbocycles. The van der Waals surface area contributed by atoms with E-state index in [1.54, 1.807) is 0 Å². The van der Waals surface area contributed by atoms with Gasteiger partial charge >= 0.3 is 0 Å². The van der Waals surface area contributed by atoms with Gasteiger partial charge in [-0.1, -0.05) is 60.7 Å². The van der Waals surface area contributed by atoms with E-state index in [-0.39, 0.29) is 5.56 Å². The standard InChI is InChI=1S/C22H21N3OS/c1-2-25(13-16-9-5-3-6-10-16)14-19-23-21(26)20-18(15-27-22(20)24-19)17-11-7-4-8-12-17/h3-12,15H,2,13-14H2,1H3,(H,23,24,26)/p+1. The van der Waals surface area contributed by atoms with Gasteiger partial charge in [-0.05, 0) is 12.5 Å². The van der Waals surface area contributed by atoms with Crippen LogP contribution < -0.4 is 10.5 Å². The number of nitrogens with zero attached hydrogens (tertiary/aromatic N) is 1. The summed E-state index contributed by atoms with van der Waals surface area (Å²) in [5.41, 5.74) is 3.25. The molecule has 0 aliphatic heterocycles. The summed E-state index contributed by atoms with van der Waals surface area (Å²) in [5.74, 6) is 0.752. The molecule has 0 radical (unpaired) electrons. The molecule has 0 aliphatic rings. The van der Waals surface area contributed by atoms with E-state index >= 15 is 0 Å². The van der Waals surface area contributed by atoms with E-state index in [0.29, 0.717) is 11.9 Å². The van der Waals surface area contributed by atoms with Crippen molar-refractivity contribution in [2.75, 3.05) is 6.54 Å². The summed E-state index contributed by atoms with van der Waals surface area (Å²) in [7, 11) is 0. The predicted octanol–water partition coefficient (Wildman–Crippen LogP) is 3.26. The van der Waals surface area contributed by atoms with Crippen LogP contribution in [0.1, 0.15) is 18.3 Å². The molecule has 0 spiro atoms. The average Bonchev–Trinajstić information content (AvgIpc) is 3.13. The zero-order chi connectivity index (χ0) is 18.6. The van der Waals surface area contributed by atoms with Gasteiger partial charge in [0.1, 0.15) is 17.9 Å². The maximum atomic E-state index is 12.8. The minimum atomic E-state index is -0.0507. The molecule has 0 fully saturated rings. The second-order valence-electron chi connectivity index (χ2n) is 6.65. The van der Waals surface area contributed by atoms with E-state index < -0.39 is 0 Å². The van der Waals surface area contributed by atoms with Crippen LogP contribution in [0.4, 0.5) is 0 Å². The van der Waals surface area contributed by atoms with Gasteiger partial charge in [-0.25, -0.2) is 4.98 Å². The third-order valence-electron chi connectivity index (χ3n) is 4.79.